The molecule has 0 aromatic carbocycles. The topological polar surface area (TPSA) is 0 Å². The van der Waals surface area contributed by atoms with Gasteiger partial charge in [0, 0.05) is 0 Å². The molecule has 0 amide bonds. The molecule has 0 aromatic rings. The Morgan fingerprint density at radius 3 is 2.14 bits per heavy atom. The SMILES string of the molecule is [CH2]C(C)(C=C)CC. The van der Waals surface area contributed by atoms with Crippen LogP contribution in [0.1, 0.15) is 20.3 Å². The molecule has 0 fully saturated rings. The Morgan fingerprint density at radius 1 is 1.71 bits per heavy atom. The molecule has 1 unspecified atom stereocenters. The van der Waals surface area contributed by atoms with E-state index in [1.54, 1.807) is 0 Å². The fourth-order valence-electron chi connectivity index (χ4n) is 0.144. The molecule has 7 heavy (non-hydrogen) atoms. The molecule has 1 radical (unpaired) electrons. The van der Waals surface area contributed by atoms with Crippen molar-refractivity contribution < 1.29 is 0 Å². The minimum Gasteiger partial charge on any atom is -0.103 e. The molecule has 0 saturated carbocycles. The molecular formula is C7H13. The third-order valence-electron chi connectivity index (χ3n) is 1.30. The van der Waals surface area contributed by atoms with Gasteiger partial charge in [0.05, 0.1) is 0 Å². The fourth-order valence-corrected chi connectivity index (χ4v) is 0.144. The van der Waals surface area contributed by atoms with E-state index in [2.05, 4.69) is 27.4 Å². The second-order valence-corrected chi connectivity index (χ2v) is 2.21. The van der Waals surface area contributed by atoms with E-state index < -0.39 is 0 Å². The lowest BCUT2D eigenvalue weighted by Gasteiger charge is -2.14. The highest BCUT2D eigenvalue weighted by Crippen LogP contribution is 2.18. The van der Waals surface area contributed by atoms with Crippen LogP contribution in [-0.4, -0.2) is 0 Å². The monoisotopic (exact) mass is 97.1 g/mol. The Bertz CT molecular complexity index is 60.4. The molecule has 0 spiro atoms. The summed E-state index contributed by atoms with van der Waals surface area (Å²) in [4.78, 5) is 0. The third kappa shape index (κ3) is 2.44. The van der Waals surface area contributed by atoms with Crippen LogP contribution in [0.25, 0.3) is 0 Å². The number of hydrogen-bond donors (Lipinski definition) is 0. The van der Waals surface area contributed by atoms with Crippen LogP contribution in [0.5, 0.6) is 0 Å². The molecule has 0 nitrogen and oxygen atoms in total. The predicted octanol–water partition coefficient (Wildman–Crippen LogP) is 2.42. The Morgan fingerprint density at radius 2 is 2.14 bits per heavy atom. The highest BCUT2D eigenvalue weighted by Gasteiger charge is 2.07. The number of allylic oxidation sites excluding steroid dienone is 1. The molecule has 0 N–H and O–H groups in total. The average molecular weight is 97.2 g/mol. The molecule has 1 atom stereocenters. The first-order valence-electron chi connectivity index (χ1n) is 2.61. The van der Waals surface area contributed by atoms with Gasteiger partial charge in [-0.05, 0) is 18.8 Å². The molecule has 0 aliphatic rings. The zero-order valence-corrected chi connectivity index (χ0v) is 5.20. The van der Waals surface area contributed by atoms with Crippen molar-refractivity contribution in [2.24, 2.45) is 5.41 Å². The van der Waals surface area contributed by atoms with Gasteiger partial charge in [-0.3, -0.25) is 0 Å². The van der Waals surface area contributed by atoms with Crippen molar-refractivity contribution in [3.05, 3.63) is 19.6 Å². The molecule has 0 aliphatic carbocycles. The normalized spacial score (nSPS) is 11.3. The van der Waals surface area contributed by atoms with Crippen LogP contribution in [-0.2, 0) is 0 Å². The van der Waals surface area contributed by atoms with Gasteiger partial charge in [-0.15, -0.1) is 6.58 Å². The van der Waals surface area contributed by atoms with Crippen molar-refractivity contribution in [3.8, 4) is 0 Å². The van der Waals surface area contributed by atoms with Gasteiger partial charge in [-0.1, -0.05) is 19.9 Å². The van der Waals surface area contributed by atoms with E-state index >= 15 is 0 Å². The van der Waals surface area contributed by atoms with Crippen LogP contribution < -0.4 is 0 Å². The molecule has 41 valence electrons. The zero-order valence-electron chi connectivity index (χ0n) is 5.20. The standard InChI is InChI=1S/C7H13/c1-5-7(3,4)6-2/h5H,1,3,6H2,2,4H3. The van der Waals surface area contributed by atoms with Gasteiger partial charge in [-0.25, -0.2) is 0 Å². The molecular weight excluding hydrogens is 84.1 g/mol. The predicted molar refractivity (Wildman–Crippen MR) is 34.0 cm³/mol. The summed E-state index contributed by atoms with van der Waals surface area (Å²) in [6, 6.07) is 0. The van der Waals surface area contributed by atoms with E-state index in [0.29, 0.717) is 0 Å². The fraction of sp³-hybridized carbons (Fsp3) is 0.571. The summed E-state index contributed by atoms with van der Waals surface area (Å²) in [5.74, 6) is 0. The van der Waals surface area contributed by atoms with Gasteiger partial charge in [0.25, 0.3) is 0 Å². The Balaban J connectivity index is 3.58. The maximum Gasteiger partial charge on any atom is -0.0152 e. The second-order valence-electron chi connectivity index (χ2n) is 2.21. The van der Waals surface area contributed by atoms with Crippen LogP contribution >= 0.6 is 0 Å². The van der Waals surface area contributed by atoms with Crippen LogP contribution in [0.3, 0.4) is 0 Å². The summed E-state index contributed by atoms with van der Waals surface area (Å²) in [5, 5.41) is 0. The summed E-state index contributed by atoms with van der Waals surface area (Å²) < 4.78 is 0. The lowest BCUT2D eigenvalue weighted by Crippen LogP contribution is -2.03. The summed E-state index contributed by atoms with van der Waals surface area (Å²) in [7, 11) is 0. The molecule has 0 bridgehead atoms. The summed E-state index contributed by atoms with van der Waals surface area (Å²) in [6.45, 7) is 11.7. The minimum atomic E-state index is 0.0972. The molecule has 0 heterocycles. The second kappa shape index (κ2) is 2.15. The first-order chi connectivity index (χ1) is 3.12. The van der Waals surface area contributed by atoms with Crippen LogP contribution in [0.15, 0.2) is 12.7 Å². The van der Waals surface area contributed by atoms with Crippen molar-refractivity contribution in [2.75, 3.05) is 0 Å². The van der Waals surface area contributed by atoms with E-state index in [4.69, 9.17) is 0 Å². The lowest BCUT2D eigenvalue weighted by molar-refractivity contribution is 0.527. The highest BCUT2D eigenvalue weighted by atomic mass is 14.1. The molecule has 0 heteroatoms. The van der Waals surface area contributed by atoms with Gasteiger partial charge < -0.3 is 0 Å². The van der Waals surface area contributed by atoms with E-state index in [1.165, 1.54) is 0 Å². The van der Waals surface area contributed by atoms with Crippen LogP contribution in [0, 0.1) is 12.3 Å². The van der Waals surface area contributed by atoms with E-state index in [-0.39, 0.29) is 5.41 Å². The summed E-state index contributed by atoms with van der Waals surface area (Å²) in [5.41, 5.74) is 0.0972. The third-order valence-corrected chi connectivity index (χ3v) is 1.30. The Hall–Kier alpha value is -0.260. The van der Waals surface area contributed by atoms with Crippen molar-refractivity contribution >= 4 is 0 Å². The van der Waals surface area contributed by atoms with Gasteiger partial charge >= 0.3 is 0 Å². The molecule has 0 rings (SSSR count). The van der Waals surface area contributed by atoms with Crippen molar-refractivity contribution in [1.82, 2.24) is 0 Å². The summed E-state index contributed by atoms with van der Waals surface area (Å²) >= 11 is 0. The zero-order chi connectivity index (χ0) is 5.91. The first-order valence-corrected chi connectivity index (χ1v) is 2.61. The highest BCUT2D eigenvalue weighted by molar-refractivity contribution is 4.91. The molecule has 0 saturated heterocycles. The Kier molecular flexibility index (Phi) is 2.07. The van der Waals surface area contributed by atoms with Crippen molar-refractivity contribution in [1.29, 1.82) is 0 Å². The minimum absolute atomic E-state index is 0.0972. The quantitative estimate of drug-likeness (QED) is 0.464. The van der Waals surface area contributed by atoms with Gasteiger partial charge in [0.15, 0.2) is 0 Å². The van der Waals surface area contributed by atoms with Gasteiger partial charge in [-0.2, -0.15) is 0 Å². The van der Waals surface area contributed by atoms with Crippen molar-refractivity contribution in [2.45, 2.75) is 20.3 Å². The van der Waals surface area contributed by atoms with E-state index in [9.17, 15) is 0 Å². The molecule has 0 aliphatic heterocycles. The summed E-state index contributed by atoms with van der Waals surface area (Å²) in [6.07, 6.45) is 2.95. The Labute approximate surface area is 46.2 Å². The first kappa shape index (κ1) is 6.74. The maximum absolute atomic E-state index is 3.89. The van der Waals surface area contributed by atoms with Crippen molar-refractivity contribution in [3.63, 3.8) is 0 Å². The largest absolute Gasteiger partial charge is 0.103 e. The van der Waals surface area contributed by atoms with Gasteiger partial charge in [0.1, 0.15) is 0 Å². The van der Waals surface area contributed by atoms with Crippen LogP contribution in [0.2, 0.25) is 0 Å². The smallest absolute Gasteiger partial charge is 0.0152 e. The average Bonchev–Trinajstić information content (AvgIpc) is 1.68. The van der Waals surface area contributed by atoms with E-state index in [0.717, 1.165) is 6.42 Å². The maximum atomic E-state index is 3.89. The van der Waals surface area contributed by atoms with E-state index in [1.807, 2.05) is 6.08 Å². The lowest BCUT2D eigenvalue weighted by atomic mass is 9.91. The van der Waals surface area contributed by atoms with Gasteiger partial charge in [0.2, 0.25) is 0 Å². The van der Waals surface area contributed by atoms with Crippen LogP contribution in [0.4, 0.5) is 0 Å². The number of rotatable bonds is 2. The molecule has 0 aromatic heterocycles. The number of hydrogen-bond acceptors (Lipinski definition) is 0.